The van der Waals surface area contributed by atoms with E-state index in [1.165, 1.54) is 18.6 Å². The normalized spacial score (nSPS) is 10.1. The number of amides is 1. The number of aryl methyl sites for hydroxylation is 1. The first kappa shape index (κ1) is 18.6. The minimum atomic E-state index is -0.573. The highest BCUT2D eigenvalue weighted by Gasteiger charge is 2.15. The van der Waals surface area contributed by atoms with Crippen molar-refractivity contribution < 1.29 is 14.7 Å². The van der Waals surface area contributed by atoms with E-state index in [1.54, 1.807) is 25.3 Å². The van der Waals surface area contributed by atoms with E-state index in [2.05, 4.69) is 15.4 Å². The highest BCUT2D eigenvalue weighted by molar-refractivity contribution is 6.04. The molecule has 136 valence electrons. The van der Waals surface area contributed by atoms with Crippen molar-refractivity contribution in [3.05, 3.63) is 56.8 Å². The van der Waals surface area contributed by atoms with Crippen LogP contribution in [0.5, 0.6) is 0 Å². The van der Waals surface area contributed by atoms with Crippen LogP contribution in [-0.2, 0) is 18.9 Å². The summed E-state index contributed by atoms with van der Waals surface area (Å²) in [6.45, 7) is 1.49. The Kier molecular flexibility index (Phi) is 5.30. The van der Waals surface area contributed by atoms with Crippen molar-refractivity contribution in [3.8, 4) is 0 Å². The highest BCUT2D eigenvalue weighted by Crippen LogP contribution is 2.15. The molecule has 3 rings (SSSR count). The van der Waals surface area contributed by atoms with E-state index in [9.17, 15) is 14.4 Å². The Labute approximate surface area is 146 Å². The lowest BCUT2D eigenvalue weighted by molar-refractivity contribution is -0.122. The standard InChI is InChI=1S/C14H14N6O3.CH2O2/c1-8-15-12-9(5-4-6-20(12)17-8)16-13(22)10-7-11(21)19(3)14(23)18(10)2;2-1-3/h4-7H,1-3H3,(H,16,22);1H,(H,2,3). The fourth-order valence-electron chi connectivity index (χ4n) is 2.25. The van der Waals surface area contributed by atoms with Gasteiger partial charge in [0.15, 0.2) is 5.65 Å². The van der Waals surface area contributed by atoms with Crippen LogP contribution in [0.4, 0.5) is 5.69 Å². The molecule has 0 saturated heterocycles. The molecule has 0 unspecified atom stereocenters. The second kappa shape index (κ2) is 7.42. The van der Waals surface area contributed by atoms with E-state index < -0.39 is 17.2 Å². The van der Waals surface area contributed by atoms with E-state index >= 15 is 0 Å². The minimum absolute atomic E-state index is 0.0312. The zero-order chi connectivity index (χ0) is 19.4. The summed E-state index contributed by atoms with van der Waals surface area (Å²) >= 11 is 0. The van der Waals surface area contributed by atoms with E-state index in [4.69, 9.17) is 9.90 Å². The Hall–Kier alpha value is -3.76. The zero-order valence-corrected chi connectivity index (χ0v) is 14.2. The highest BCUT2D eigenvalue weighted by atomic mass is 16.3. The quantitative estimate of drug-likeness (QED) is 0.581. The molecule has 11 heteroatoms. The molecule has 2 N–H and O–H groups in total. The first-order valence-electron chi connectivity index (χ1n) is 7.28. The largest absolute Gasteiger partial charge is 0.483 e. The average molecular weight is 360 g/mol. The summed E-state index contributed by atoms with van der Waals surface area (Å²) in [5.74, 6) is -0.0104. The maximum absolute atomic E-state index is 12.4. The fourth-order valence-corrected chi connectivity index (χ4v) is 2.25. The van der Waals surface area contributed by atoms with Gasteiger partial charge in [-0.1, -0.05) is 0 Å². The fraction of sp³-hybridized carbons (Fsp3) is 0.200. The summed E-state index contributed by atoms with van der Waals surface area (Å²) in [4.78, 5) is 48.7. The average Bonchev–Trinajstić information content (AvgIpc) is 2.98. The van der Waals surface area contributed by atoms with Gasteiger partial charge in [-0.05, 0) is 19.1 Å². The van der Waals surface area contributed by atoms with Gasteiger partial charge >= 0.3 is 5.69 Å². The van der Waals surface area contributed by atoms with Crippen molar-refractivity contribution in [1.29, 1.82) is 0 Å². The number of fused-ring (bicyclic) bond motifs is 1. The third-order valence-corrected chi connectivity index (χ3v) is 3.48. The summed E-state index contributed by atoms with van der Waals surface area (Å²) in [5.41, 5.74) is -0.233. The first-order chi connectivity index (χ1) is 12.3. The molecule has 11 nitrogen and oxygen atoms in total. The SMILES string of the molecule is Cc1nc2c(NC(=O)c3cc(=O)n(C)c(=O)n3C)cccn2n1.O=CO. The van der Waals surface area contributed by atoms with Gasteiger partial charge in [0.2, 0.25) is 0 Å². The van der Waals surface area contributed by atoms with E-state index in [0.29, 0.717) is 17.2 Å². The number of pyridine rings is 1. The van der Waals surface area contributed by atoms with Gasteiger partial charge in [-0.25, -0.2) is 14.3 Å². The van der Waals surface area contributed by atoms with Gasteiger partial charge in [-0.3, -0.25) is 23.5 Å². The maximum Gasteiger partial charge on any atom is 0.331 e. The number of anilines is 1. The number of carbonyl (C=O) groups excluding carboxylic acids is 1. The number of carboxylic acid groups (broad SMARTS) is 1. The predicted molar refractivity (Wildman–Crippen MR) is 91.3 cm³/mol. The molecule has 3 heterocycles. The Morgan fingerprint density at radius 3 is 2.58 bits per heavy atom. The van der Waals surface area contributed by atoms with Crippen LogP contribution >= 0.6 is 0 Å². The Morgan fingerprint density at radius 1 is 1.27 bits per heavy atom. The van der Waals surface area contributed by atoms with Gasteiger partial charge in [0.25, 0.3) is 17.9 Å². The Bertz CT molecular complexity index is 1090. The van der Waals surface area contributed by atoms with Crippen molar-refractivity contribution >= 4 is 23.7 Å². The number of nitrogens with zero attached hydrogens (tertiary/aromatic N) is 5. The smallest absolute Gasteiger partial charge is 0.331 e. The summed E-state index contributed by atoms with van der Waals surface area (Å²) in [7, 11) is 2.78. The van der Waals surface area contributed by atoms with Crippen molar-refractivity contribution in [2.45, 2.75) is 6.92 Å². The lowest BCUT2D eigenvalue weighted by Crippen LogP contribution is -2.40. The second-order valence-corrected chi connectivity index (χ2v) is 5.18. The Morgan fingerprint density at radius 2 is 1.92 bits per heavy atom. The molecule has 0 atom stereocenters. The molecule has 0 aliphatic heterocycles. The van der Waals surface area contributed by atoms with Crippen molar-refractivity contribution in [1.82, 2.24) is 23.7 Å². The molecule has 0 aliphatic rings. The van der Waals surface area contributed by atoms with Crippen LogP contribution in [0.1, 0.15) is 16.3 Å². The van der Waals surface area contributed by atoms with Gasteiger partial charge in [0.05, 0.1) is 5.69 Å². The first-order valence-corrected chi connectivity index (χ1v) is 7.28. The number of rotatable bonds is 2. The number of carbonyl (C=O) groups is 2. The topological polar surface area (TPSA) is 141 Å². The molecule has 3 aromatic rings. The molecule has 26 heavy (non-hydrogen) atoms. The van der Waals surface area contributed by atoms with Crippen LogP contribution in [-0.4, -0.2) is 41.2 Å². The third-order valence-electron chi connectivity index (χ3n) is 3.48. The van der Waals surface area contributed by atoms with Crippen LogP contribution in [0.25, 0.3) is 5.65 Å². The van der Waals surface area contributed by atoms with E-state index in [1.807, 2.05) is 0 Å². The number of hydrogen-bond donors (Lipinski definition) is 2. The number of hydrogen-bond acceptors (Lipinski definition) is 6. The molecule has 0 aromatic carbocycles. The van der Waals surface area contributed by atoms with Crippen molar-refractivity contribution in [3.63, 3.8) is 0 Å². The molecule has 0 radical (unpaired) electrons. The lowest BCUT2D eigenvalue weighted by Gasteiger charge is -2.10. The lowest BCUT2D eigenvalue weighted by atomic mass is 10.3. The molecular weight excluding hydrogens is 344 g/mol. The van der Waals surface area contributed by atoms with Gasteiger partial charge < -0.3 is 10.4 Å². The molecule has 3 aromatic heterocycles. The Balaban J connectivity index is 0.000000758. The molecular formula is C15H16N6O5. The summed E-state index contributed by atoms with van der Waals surface area (Å²) in [5, 5.41) is 13.7. The molecule has 0 aliphatic carbocycles. The van der Waals surface area contributed by atoms with Crippen LogP contribution in [0, 0.1) is 6.92 Å². The van der Waals surface area contributed by atoms with Crippen LogP contribution < -0.4 is 16.6 Å². The van der Waals surface area contributed by atoms with E-state index in [-0.39, 0.29) is 12.2 Å². The molecule has 1 amide bonds. The van der Waals surface area contributed by atoms with Crippen LogP contribution in [0.2, 0.25) is 0 Å². The molecule has 0 saturated carbocycles. The van der Waals surface area contributed by atoms with E-state index in [0.717, 1.165) is 15.2 Å². The number of aromatic nitrogens is 5. The molecule has 0 spiro atoms. The van der Waals surface area contributed by atoms with Crippen molar-refractivity contribution in [2.75, 3.05) is 5.32 Å². The molecule has 0 bridgehead atoms. The van der Waals surface area contributed by atoms with Gasteiger partial charge in [-0.15, -0.1) is 0 Å². The molecule has 0 fully saturated rings. The summed E-state index contributed by atoms with van der Waals surface area (Å²) in [6, 6.07) is 4.49. The third kappa shape index (κ3) is 3.50. The predicted octanol–water partition coefficient (Wildman–Crippen LogP) is -0.612. The van der Waals surface area contributed by atoms with Gasteiger partial charge in [-0.2, -0.15) is 5.10 Å². The second-order valence-electron chi connectivity index (χ2n) is 5.18. The summed E-state index contributed by atoms with van der Waals surface area (Å²) < 4.78 is 3.58. The zero-order valence-electron chi connectivity index (χ0n) is 14.2. The minimum Gasteiger partial charge on any atom is -0.483 e. The maximum atomic E-state index is 12.4. The van der Waals surface area contributed by atoms with Crippen LogP contribution in [0.3, 0.4) is 0 Å². The van der Waals surface area contributed by atoms with Crippen LogP contribution in [0.15, 0.2) is 34.0 Å². The number of nitrogens with one attached hydrogen (secondary N) is 1. The summed E-state index contributed by atoms with van der Waals surface area (Å²) in [6.07, 6.45) is 1.71. The van der Waals surface area contributed by atoms with Gasteiger partial charge in [0, 0.05) is 26.4 Å². The van der Waals surface area contributed by atoms with Gasteiger partial charge in [0.1, 0.15) is 11.5 Å². The van der Waals surface area contributed by atoms with Crippen molar-refractivity contribution in [2.24, 2.45) is 14.1 Å². The monoisotopic (exact) mass is 360 g/mol.